The molecular weight excluding hydrogens is 401 g/mol. The smallest absolute Gasteiger partial charge is 0.453 e. The molecule has 0 bridgehead atoms. The van der Waals surface area contributed by atoms with E-state index in [0.29, 0.717) is 0 Å². The van der Waals surface area contributed by atoms with Gasteiger partial charge in [0.25, 0.3) is 0 Å². The van der Waals surface area contributed by atoms with E-state index >= 15 is 0 Å². The lowest BCUT2D eigenvalue weighted by Crippen LogP contribution is -2.41. The van der Waals surface area contributed by atoms with Gasteiger partial charge in [0.15, 0.2) is 0 Å². The fourth-order valence-corrected chi connectivity index (χ4v) is 3.30. The van der Waals surface area contributed by atoms with E-state index in [1.165, 1.54) is 24.3 Å². The van der Waals surface area contributed by atoms with E-state index in [4.69, 9.17) is 14.2 Å². The van der Waals surface area contributed by atoms with Crippen molar-refractivity contribution in [3.8, 4) is 5.75 Å². The molecule has 0 fully saturated rings. The lowest BCUT2D eigenvalue weighted by molar-refractivity contribution is -0.156. The van der Waals surface area contributed by atoms with Crippen molar-refractivity contribution < 1.29 is 37.0 Å². The number of esters is 1. The molecule has 1 aliphatic heterocycles. The first kappa shape index (κ1) is 19.8. The van der Waals surface area contributed by atoms with Crippen molar-refractivity contribution in [3.05, 3.63) is 78.0 Å². The standard InChI is InChI=1S/C22H15F3O5/c1-12(26)28-16-8-9-17-18(11-16)30-21(22(23,24)25)20(19(17)27)29-15-7-6-13-4-2-3-5-14(13)10-15/h2-11,17-18H,1H3/t17-,18+/m0/s1. The Labute approximate surface area is 169 Å². The lowest BCUT2D eigenvalue weighted by atomic mass is 9.89. The normalized spacial score (nSPS) is 21.1. The fourth-order valence-electron chi connectivity index (χ4n) is 3.30. The summed E-state index contributed by atoms with van der Waals surface area (Å²) in [5, 5.41) is 1.62. The van der Waals surface area contributed by atoms with Gasteiger partial charge in [-0.05, 0) is 35.1 Å². The second-order valence-electron chi connectivity index (χ2n) is 6.76. The summed E-state index contributed by atoms with van der Waals surface area (Å²) >= 11 is 0. The second kappa shape index (κ2) is 7.37. The number of ketones is 1. The van der Waals surface area contributed by atoms with Crippen LogP contribution in [0.4, 0.5) is 13.2 Å². The summed E-state index contributed by atoms with van der Waals surface area (Å²) < 4.78 is 56.3. The van der Waals surface area contributed by atoms with Gasteiger partial charge in [0.05, 0.1) is 5.92 Å². The third-order valence-electron chi connectivity index (χ3n) is 4.60. The van der Waals surface area contributed by atoms with Crippen LogP contribution in [0.25, 0.3) is 10.8 Å². The predicted octanol–water partition coefficient (Wildman–Crippen LogP) is 4.59. The molecular formula is C22H15F3O5. The number of carbonyl (C=O) groups is 2. The van der Waals surface area contributed by atoms with E-state index in [2.05, 4.69) is 0 Å². The number of Topliss-reactive ketones (excluding diaryl/α,β-unsaturated/α-hetero) is 1. The molecule has 0 amide bonds. The molecule has 4 rings (SSSR count). The van der Waals surface area contributed by atoms with Gasteiger partial charge < -0.3 is 14.2 Å². The minimum absolute atomic E-state index is 0.0111. The predicted molar refractivity (Wildman–Crippen MR) is 100 cm³/mol. The van der Waals surface area contributed by atoms with Gasteiger partial charge in [0.1, 0.15) is 17.6 Å². The molecule has 8 heteroatoms. The molecule has 2 aliphatic rings. The maximum absolute atomic E-state index is 13.6. The van der Waals surface area contributed by atoms with E-state index in [-0.39, 0.29) is 11.5 Å². The Hall–Kier alpha value is -3.55. The van der Waals surface area contributed by atoms with Crippen molar-refractivity contribution in [1.29, 1.82) is 0 Å². The fraction of sp³-hybridized carbons (Fsp3) is 0.182. The highest BCUT2D eigenvalue weighted by atomic mass is 19.4. The lowest BCUT2D eigenvalue weighted by Gasteiger charge is -2.33. The molecule has 0 saturated carbocycles. The number of alkyl halides is 3. The van der Waals surface area contributed by atoms with Crippen LogP contribution in [0.1, 0.15) is 6.92 Å². The monoisotopic (exact) mass is 416 g/mol. The Bertz CT molecular complexity index is 1130. The number of hydrogen-bond donors (Lipinski definition) is 0. The molecule has 5 nitrogen and oxygen atoms in total. The number of carbonyl (C=O) groups excluding carboxylic acids is 2. The van der Waals surface area contributed by atoms with Crippen molar-refractivity contribution in [2.45, 2.75) is 19.2 Å². The van der Waals surface area contributed by atoms with Gasteiger partial charge in [-0.3, -0.25) is 9.59 Å². The first-order valence-corrected chi connectivity index (χ1v) is 9.00. The highest BCUT2D eigenvalue weighted by molar-refractivity contribution is 5.99. The van der Waals surface area contributed by atoms with Crippen LogP contribution in [0.15, 0.2) is 78.0 Å². The number of fused-ring (bicyclic) bond motifs is 2. The van der Waals surface area contributed by atoms with Crippen molar-refractivity contribution in [1.82, 2.24) is 0 Å². The third kappa shape index (κ3) is 3.80. The Morgan fingerprint density at radius 3 is 2.53 bits per heavy atom. The number of allylic oxidation sites excluding steroid dienone is 3. The van der Waals surface area contributed by atoms with Crippen LogP contribution >= 0.6 is 0 Å². The molecule has 154 valence electrons. The summed E-state index contributed by atoms with van der Waals surface area (Å²) in [6, 6.07) is 12.0. The minimum atomic E-state index is -4.95. The highest BCUT2D eigenvalue weighted by Gasteiger charge is 2.50. The molecule has 1 heterocycles. The quantitative estimate of drug-likeness (QED) is 0.685. The van der Waals surface area contributed by atoms with Crippen LogP contribution in [-0.2, 0) is 19.1 Å². The number of hydrogen-bond acceptors (Lipinski definition) is 5. The number of benzene rings is 2. The molecule has 1 aliphatic carbocycles. The molecule has 0 N–H and O–H groups in total. The zero-order valence-electron chi connectivity index (χ0n) is 15.6. The maximum atomic E-state index is 13.6. The summed E-state index contributed by atoms with van der Waals surface area (Å²) in [4.78, 5) is 24.0. The van der Waals surface area contributed by atoms with Gasteiger partial charge in [-0.2, -0.15) is 13.2 Å². The van der Waals surface area contributed by atoms with Gasteiger partial charge in [0.2, 0.25) is 17.3 Å². The largest absolute Gasteiger partial charge is 0.477 e. The van der Waals surface area contributed by atoms with Gasteiger partial charge in [-0.1, -0.05) is 36.4 Å². The van der Waals surface area contributed by atoms with Crippen LogP contribution < -0.4 is 4.74 Å². The van der Waals surface area contributed by atoms with Crippen LogP contribution in [-0.4, -0.2) is 24.0 Å². The molecule has 0 unspecified atom stereocenters. The minimum Gasteiger partial charge on any atom is -0.477 e. The molecule has 0 radical (unpaired) electrons. The number of rotatable bonds is 3. The zero-order chi connectivity index (χ0) is 21.5. The molecule has 0 spiro atoms. The average molecular weight is 416 g/mol. The number of ether oxygens (including phenoxy) is 3. The summed E-state index contributed by atoms with van der Waals surface area (Å²) in [5.41, 5.74) is 0. The van der Waals surface area contributed by atoms with E-state index in [0.717, 1.165) is 17.7 Å². The first-order valence-electron chi connectivity index (χ1n) is 9.00. The first-order chi connectivity index (χ1) is 14.2. The van der Waals surface area contributed by atoms with E-state index in [1.54, 1.807) is 24.3 Å². The van der Waals surface area contributed by atoms with Crippen LogP contribution in [0.5, 0.6) is 5.75 Å². The Morgan fingerprint density at radius 2 is 1.83 bits per heavy atom. The molecule has 0 aromatic heterocycles. The van der Waals surface area contributed by atoms with Gasteiger partial charge >= 0.3 is 12.1 Å². The SMILES string of the molecule is CC(=O)OC1=C[C@H]2OC(C(F)(F)F)=C(Oc3ccc4ccccc4c3)C(=O)[C@H]2C=C1. The summed E-state index contributed by atoms with van der Waals surface area (Å²) in [6.07, 6.45) is -2.37. The average Bonchev–Trinajstić information content (AvgIpc) is 2.68. The van der Waals surface area contributed by atoms with Gasteiger partial charge in [-0.25, -0.2) is 0 Å². The molecule has 30 heavy (non-hydrogen) atoms. The van der Waals surface area contributed by atoms with E-state index < -0.39 is 41.5 Å². The molecule has 2 aromatic rings. The van der Waals surface area contributed by atoms with Gasteiger partial charge in [-0.15, -0.1) is 0 Å². The van der Waals surface area contributed by atoms with Crippen LogP contribution in [0.2, 0.25) is 0 Å². The van der Waals surface area contributed by atoms with Crippen LogP contribution in [0, 0.1) is 5.92 Å². The topological polar surface area (TPSA) is 61.8 Å². The number of halogens is 3. The molecule has 0 saturated heterocycles. The maximum Gasteiger partial charge on any atom is 0.453 e. The highest BCUT2D eigenvalue weighted by Crippen LogP contribution is 2.40. The Kier molecular flexibility index (Phi) is 4.85. The Morgan fingerprint density at radius 1 is 1.10 bits per heavy atom. The summed E-state index contributed by atoms with van der Waals surface area (Å²) in [6.45, 7) is 1.16. The Balaban J connectivity index is 1.71. The van der Waals surface area contributed by atoms with E-state index in [9.17, 15) is 22.8 Å². The van der Waals surface area contributed by atoms with Crippen molar-refractivity contribution >= 4 is 22.5 Å². The van der Waals surface area contributed by atoms with Crippen molar-refractivity contribution in [3.63, 3.8) is 0 Å². The molecule has 2 atom stereocenters. The van der Waals surface area contributed by atoms with E-state index in [1.807, 2.05) is 12.1 Å². The summed E-state index contributed by atoms with van der Waals surface area (Å²) in [7, 11) is 0. The third-order valence-corrected chi connectivity index (χ3v) is 4.60. The van der Waals surface area contributed by atoms with Crippen molar-refractivity contribution in [2.24, 2.45) is 5.92 Å². The summed E-state index contributed by atoms with van der Waals surface area (Å²) in [5.74, 6) is -4.89. The molecule has 2 aromatic carbocycles. The zero-order valence-corrected chi connectivity index (χ0v) is 15.6. The van der Waals surface area contributed by atoms with Crippen LogP contribution in [0.3, 0.4) is 0 Å². The van der Waals surface area contributed by atoms with Gasteiger partial charge in [0, 0.05) is 6.92 Å². The second-order valence-corrected chi connectivity index (χ2v) is 6.76. The van der Waals surface area contributed by atoms with Crippen molar-refractivity contribution in [2.75, 3.05) is 0 Å².